The first-order valence-corrected chi connectivity index (χ1v) is 5.94. The molecule has 0 radical (unpaired) electrons. The number of fused-ring (bicyclic) bond motifs is 2. The monoisotopic (exact) mass is 255 g/mol. The minimum Gasteiger partial charge on any atom is -0.355 e. The second-order valence-electron chi connectivity index (χ2n) is 4.54. The minimum atomic E-state index is -0.0699. The van der Waals surface area contributed by atoms with Crippen LogP contribution in [0.15, 0.2) is 36.5 Å². The Balaban J connectivity index is 2.21. The summed E-state index contributed by atoms with van der Waals surface area (Å²) < 4.78 is 0. The van der Waals surface area contributed by atoms with Gasteiger partial charge in [-0.2, -0.15) is 0 Å². The third-order valence-electron chi connectivity index (χ3n) is 3.28. The maximum atomic E-state index is 12.6. The standard InChI is InChI=1S/C14H13N3O2/c1-17-8-9-4-5-10(16-19)7-12(9)13(18)11-3-2-6-15-14(11)17/h2-7,16,19H,8H2,1H3. The molecule has 0 fully saturated rings. The van der Waals surface area contributed by atoms with Gasteiger partial charge in [-0.3, -0.25) is 15.5 Å². The molecule has 96 valence electrons. The van der Waals surface area contributed by atoms with Gasteiger partial charge in [-0.25, -0.2) is 4.98 Å². The average molecular weight is 255 g/mol. The van der Waals surface area contributed by atoms with Crippen LogP contribution in [-0.2, 0) is 6.54 Å². The molecule has 2 aromatic rings. The SMILES string of the molecule is CN1Cc2ccc(NO)cc2C(=O)c2cccnc21. The molecule has 0 atom stereocenters. The van der Waals surface area contributed by atoms with E-state index in [2.05, 4.69) is 10.5 Å². The van der Waals surface area contributed by atoms with Gasteiger partial charge in [0.15, 0.2) is 5.78 Å². The van der Waals surface area contributed by atoms with E-state index < -0.39 is 0 Å². The Kier molecular flexibility index (Phi) is 2.68. The summed E-state index contributed by atoms with van der Waals surface area (Å²) in [6.45, 7) is 0.608. The predicted octanol–water partition coefficient (Wildman–Crippen LogP) is 2.06. The zero-order valence-electron chi connectivity index (χ0n) is 10.4. The number of rotatable bonds is 1. The lowest BCUT2D eigenvalue weighted by Crippen LogP contribution is -2.17. The summed E-state index contributed by atoms with van der Waals surface area (Å²) in [5, 5.41) is 8.96. The Labute approximate surface area is 110 Å². The molecular formula is C14H13N3O2. The molecule has 3 rings (SSSR count). The third kappa shape index (κ3) is 1.84. The van der Waals surface area contributed by atoms with Crippen molar-refractivity contribution >= 4 is 17.3 Å². The molecule has 0 saturated carbocycles. The van der Waals surface area contributed by atoms with Crippen molar-refractivity contribution in [3.05, 3.63) is 53.2 Å². The maximum absolute atomic E-state index is 12.6. The van der Waals surface area contributed by atoms with E-state index in [4.69, 9.17) is 5.21 Å². The summed E-state index contributed by atoms with van der Waals surface area (Å²) in [6.07, 6.45) is 1.68. The van der Waals surface area contributed by atoms with Crippen LogP contribution >= 0.6 is 0 Å². The molecule has 1 aliphatic heterocycles. The van der Waals surface area contributed by atoms with Crippen molar-refractivity contribution in [2.24, 2.45) is 0 Å². The molecule has 0 amide bonds. The number of ketones is 1. The summed E-state index contributed by atoms with van der Waals surface area (Å²) >= 11 is 0. The minimum absolute atomic E-state index is 0.0699. The van der Waals surface area contributed by atoms with E-state index in [-0.39, 0.29) is 5.78 Å². The van der Waals surface area contributed by atoms with Gasteiger partial charge in [0.1, 0.15) is 5.82 Å². The molecule has 5 heteroatoms. The lowest BCUT2D eigenvalue weighted by atomic mass is 10.00. The number of carbonyl (C=O) groups is 1. The van der Waals surface area contributed by atoms with Crippen molar-refractivity contribution in [3.63, 3.8) is 0 Å². The van der Waals surface area contributed by atoms with Gasteiger partial charge in [-0.1, -0.05) is 6.07 Å². The molecule has 1 aromatic heterocycles. The molecule has 2 N–H and O–H groups in total. The summed E-state index contributed by atoms with van der Waals surface area (Å²) in [5.74, 6) is 0.613. The van der Waals surface area contributed by atoms with Gasteiger partial charge in [0, 0.05) is 25.4 Å². The second-order valence-corrected chi connectivity index (χ2v) is 4.54. The Bertz CT molecular complexity index is 655. The molecule has 1 aromatic carbocycles. The summed E-state index contributed by atoms with van der Waals surface area (Å²) in [7, 11) is 1.91. The number of benzene rings is 1. The average Bonchev–Trinajstić information content (AvgIpc) is 2.56. The van der Waals surface area contributed by atoms with Crippen LogP contribution in [0.4, 0.5) is 11.5 Å². The highest BCUT2D eigenvalue weighted by Gasteiger charge is 2.24. The summed E-state index contributed by atoms with van der Waals surface area (Å²) in [4.78, 5) is 18.8. The van der Waals surface area contributed by atoms with Crippen LogP contribution in [0.5, 0.6) is 0 Å². The van der Waals surface area contributed by atoms with E-state index in [1.54, 1.807) is 30.5 Å². The maximum Gasteiger partial charge on any atom is 0.197 e. The second kappa shape index (κ2) is 4.37. The number of nitrogens with zero attached hydrogens (tertiary/aromatic N) is 2. The first-order valence-electron chi connectivity index (χ1n) is 5.94. The van der Waals surface area contributed by atoms with Gasteiger partial charge < -0.3 is 4.90 Å². The highest BCUT2D eigenvalue weighted by Crippen LogP contribution is 2.29. The smallest absolute Gasteiger partial charge is 0.197 e. The van der Waals surface area contributed by atoms with Crippen LogP contribution in [0, 0.1) is 0 Å². The lowest BCUT2D eigenvalue weighted by Gasteiger charge is -2.17. The van der Waals surface area contributed by atoms with Crippen LogP contribution < -0.4 is 10.4 Å². The molecule has 0 unspecified atom stereocenters. The molecule has 5 nitrogen and oxygen atoms in total. The molecule has 19 heavy (non-hydrogen) atoms. The zero-order valence-corrected chi connectivity index (χ0v) is 10.4. The fourth-order valence-electron chi connectivity index (χ4n) is 2.35. The van der Waals surface area contributed by atoms with Crippen LogP contribution in [-0.4, -0.2) is 23.0 Å². The fourth-order valence-corrected chi connectivity index (χ4v) is 2.35. The van der Waals surface area contributed by atoms with Crippen molar-refractivity contribution in [3.8, 4) is 0 Å². The van der Waals surface area contributed by atoms with E-state index in [1.165, 1.54) is 0 Å². The van der Waals surface area contributed by atoms with Crippen molar-refractivity contribution in [2.75, 3.05) is 17.4 Å². The van der Waals surface area contributed by atoms with E-state index >= 15 is 0 Å². The van der Waals surface area contributed by atoms with Crippen molar-refractivity contribution in [1.29, 1.82) is 0 Å². The molecule has 2 heterocycles. The topological polar surface area (TPSA) is 65.5 Å². The number of pyridine rings is 1. The van der Waals surface area contributed by atoms with E-state index in [1.807, 2.05) is 18.0 Å². The first kappa shape index (κ1) is 11.7. The predicted molar refractivity (Wildman–Crippen MR) is 71.6 cm³/mol. The number of aromatic nitrogens is 1. The molecular weight excluding hydrogens is 242 g/mol. The Morgan fingerprint density at radius 3 is 2.95 bits per heavy atom. The van der Waals surface area contributed by atoms with Gasteiger partial charge in [-0.05, 0) is 29.8 Å². The molecule has 0 aliphatic carbocycles. The largest absolute Gasteiger partial charge is 0.355 e. The van der Waals surface area contributed by atoms with E-state index in [0.717, 1.165) is 5.56 Å². The fraction of sp³-hybridized carbons (Fsp3) is 0.143. The quantitative estimate of drug-likeness (QED) is 0.764. The highest BCUT2D eigenvalue weighted by atomic mass is 16.5. The van der Waals surface area contributed by atoms with Crippen LogP contribution in [0.2, 0.25) is 0 Å². The number of carbonyl (C=O) groups excluding carboxylic acids is 1. The summed E-state index contributed by atoms with van der Waals surface area (Å²) in [5.41, 5.74) is 4.67. The first-order chi connectivity index (χ1) is 9.20. The number of nitrogens with one attached hydrogen (secondary N) is 1. The zero-order chi connectivity index (χ0) is 13.4. The van der Waals surface area contributed by atoms with Gasteiger partial charge in [0.2, 0.25) is 0 Å². The Morgan fingerprint density at radius 2 is 2.16 bits per heavy atom. The number of hydrogen-bond donors (Lipinski definition) is 2. The van der Waals surface area contributed by atoms with E-state index in [0.29, 0.717) is 29.2 Å². The molecule has 1 aliphatic rings. The summed E-state index contributed by atoms with van der Waals surface area (Å²) in [6, 6.07) is 8.77. The molecule has 0 saturated heterocycles. The van der Waals surface area contributed by atoms with Gasteiger partial charge >= 0.3 is 0 Å². The Morgan fingerprint density at radius 1 is 1.32 bits per heavy atom. The third-order valence-corrected chi connectivity index (χ3v) is 3.28. The van der Waals surface area contributed by atoms with Gasteiger partial charge in [-0.15, -0.1) is 0 Å². The van der Waals surface area contributed by atoms with Crippen LogP contribution in [0.1, 0.15) is 21.5 Å². The number of anilines is 2. The van der Waals surface area contributed by atoms with Crippen molar-refractivity contribution in [2.45, 2.75) is 6.54 Å². The normalized spacial score (nSPS) is 13.6. The van der Waals surface area contributed by atoms with Crippen LogP contribution in [0.3, 0.4) is 0 Å². The van der Waals surface area contributed by atoms with Gasteiger partial charge in [0.25, 0.3) is 0 Å². The Hall–Kier alpha value is -2.40. The van der Waals surface area contributed by atoms with E-state index in [9.17, 15) is 4.79 Å². The number of hydrogen-bond acceptors (Lipinski definition) is 5. The molecule has 0 spiro atoms. The van der Waals surface area contributed by atoms with Gasteiger partial charge in [0.05, 0.1) is 11.3 Å². The van der Waals surface area contributed by atoms with Crippen LogP contribution in [0.25, 0.3) is 0 Å². The molecule has 0 bridgehead atoms. The van der Waals surface area contributed by atoms with Crippen molar-refractivity contribution < 1.29 is 10.0 Å². The lowest BCUT2D eigenvalue weighted by molar-refractivity contribution is 0.103. The van der Waals surface area contributed by atoms with Crippen molar-refractivity contribution in [1.82, 2.24) is 4.98 Å². The highest BCUT2D eigenvalue weighted by molar-refractivity contribution is 6.13.